The fourth-order valence-corrected chi connectivity index (χ4v) is 24.6. The van der Waals surface area contributed by atoms with Crippen LogP contribution in [0.3, 0.4) is 0 Å². The summed E-state index contributed by atoms with van der Waals surface area (Å²) in [5, 5.41) is 79.7. The first-order chi connectivity index (χ1) is 71.7. The van der Waals surface area contributed by atoms with Crippen molar-refractivity contribution in [3.63, 3.8) is 0 Å². The zero-order valence-corrected chi connectivity index (χ0v) is 90.8. The second kappa shape index (κ2) is 62.9. The Morgan fingerprint density at radius 2 is 0.827 bits per heavy atom. The Balaban J connectivity index is 0.000000222. The summed E-state index contributed by atoms with van der Waals surface area (Å²) in [4.78, 5) is 59.4. The highest BCUT2D eigenvalue weighted by Gasteiger charge is 2.50. The van der Waals surface area contributed by atoms with E-state index in [0.717, 1.165) is 89.2 Å². The molecule has 0 aromatic heterocycles. The van der Waals surface area contributed by atoms with Gasteiger partial charge in [0.1, 0.15) is 35.1 Å². The van der Waals surface area contributed by atoms with Crippen LogP contribution >= 0.6 is 23.2 Å². The summed E-state index contributed by atoms with van der Waals surface area (Å²) in [6.45, 7) is 6.43. The summed E-state index contributed by atoms with van der Waals surface area (Å²) in [7, 11) is 11.7. The number of halogens is 14. The van der Waals surface area contributed by atoms with Crippen LogP contribution in [0.5, 0.6) is 0 Å². The molecule has 12 rings (SSSR count). The van der Waals surface area contributed by atoms with Gasteiger partial charge in [0, 0.05) is 229 Å². The molecule has 4 aliphatic carbocycles. The molecule has 852 valence electrons. The van der Waals surface area contributed by atoms with Gasteiger partial charge in [0.25, 0.3) is 0 Å². The Morgan fingerprint density at radius 3 is 1.27 bits per heavy atom. The number of unbranched alkanes of at least 4 members (excludes halogenated alkanes) is 4. The third-order valence-electron chi connectivity index (χ3n) is 32.5. The van der Waals surface area contributed by atoms with Crippen LogP contribution in [-0.2, 0) is 41.4 Å². The van der Waals surface area contributed by atoms with E-state index < -0.39 is 122 Å². The monoisotopic (exact) mass is 2180 g/mol. The number of hydrogen-bond donors (Lipinski definition) is 13. The predicted molar refractivity (Wildman–Crippen MR) is 558 cm³/mol. The molecule has 8 amide bonds. The predicted octanol–water partition coefficient (Wildman–Crippen LogP) is 20.1. The van der Waals surface area contributed by atoms with E-state index in [0.29, 0.717) is 263 Å². The number of carbonyl (C=O) groups is 4. The van der Waals surface area contributed by atoms with Gasteiger partial charge in [0.2, 0.25) is 5.92 Å². The molecular weight excluding hydrogens is 2010 g/mol. The lowest BCUT2D eigenvalue weighted by atomic mass is 9.74. The van der Waals surface area contributed by atoms with Gasteiger partial charge in [-0.1, -0.05) is 86.0 Å². The number of alkyl halides is 4. The number of aliphatic hydroxyl groups is 5. The molecule has 39 heteroatoms. The van der Waals surface area contributed by atoms with Crippen molar-refractivity contribution in [2.75, 3.05) is 155 Å². The number of aliphatic hydroxyl groups excluding tert-OH is 1. The molecule has 150 heavy (non-hydrogen) atoms. The molecule has 0 spiro atoms. The molecule has 4 aliphatic heterocycles. The maximum atomic E-state index is 15.4. The number of rotatable bonds is 47. The number of hydrogen-bond acceptors (Lipinski definition) is 17. The van der Waals surface area contributed by atoms with Gasteiger partial charge < -0.3 is 107 Å². The lowest BCUT2D eigenvalue weighted by Gasteiger charge is -2.43. The number of carbonyl (C=O) groups excluding carboxylic acids is 4. The normalized spacial score (nSPS) is 23.0. The zero-order chi connectivity index (χ0) is 109. The Labute approximate surface area is 890 Å². The van der Waals surface area contributed by atoms with E-state index in [4.69, 9.17) is 47.9 Å². The molecule has 8 fully saturated rings. The molecule has 4 saturated heterocycles. The first-order valence-corrected chi connectivity index (χ1v) is 55.7. The average Bonchev–Trinajstić information content (AvgIpc) is 0.764. The average molecular weight is 2180 g/mol. The van der Waals surface area contributed by atoms with E-state index in [9.17, 15) is 88.6 Å². The lowest BCUT2D eigenvalue weighted by Crippen LogP contribution is -2.57. The molecular formula is C111H172Cl2F12N12O13. The Bertz CT molecular complexity index is 4700. The molecule has 0 radical (unpaired) electrons. The van der Waals surface area contributed by atoms with E-state index >= 15 is 8.78 Å². The van der Waals surface area contributed by atoms with Gasteiger partial charge in [-0.15, -0.1) is 0 Å². The largest absolute Gasteiger partial charge is 0.391 e. The van der Waals surface area contributed by atoms with Gasteiger partial charge in [-0.05, 0) is 269 Å². The van der Waals surface area contributed by atoms with Crippen molar-refractivity contribution in [3.05, 3.63) is 140 Å². The summed E-state index contributed by atoms with van der Waals surface area (Å²) in [6.07, 6.45) is 23.1. The summed E-state index contributed by atoms with van der Waals surface area (Å²) >= 11 is 12.4. The van der Waals surface area contributed by atoms with Gasteiger partial charge >= 0.3 is 24.1 Å². The zero-order valence-electron chi connectivity index (χ0n) is 89.2. The van der Waals surface area contributed by atoms with Gasteiger partial charge in [-0.25, -0.2) is 71.9 Å². The highest BCUT2D eigenvalue weighted by atomic mass is 35.5. The van der Waals surface area contributed by atoms with Gasteiger partial charge in [0.15, 0.2) is 23.3 Å². The Kier molecular flexibility index (Phi) is 53.1. The van der Waals surface area contributed by atoms with E-state index in [1.54, 1.807) is 86.4 Å². The van der Waals surface area contributed by atoms with Crippen LogP contribution in [0.25, 0.3) is 0 Å². The fourth-order valence-electron chi connectivity index (χ4n) is 24.1. The molecule has 4 saturated carbocycles. The molecule has 0 unspecified atom stereocenters. The molecule has 25 nitrogen and oxygen atoms in total. The van der Waals surface area contributed by atoms with Gasteiger partial charge in [0.05, 0.1) is 44.6 Å². The molecule has 4 aromatic rings. The van der Waals surface area contributed by atoms with Crippen molar-refractivity contribution in [2.24, 2.45) is 47.2 Å². The van der Waals surface area contributed by atoms with E-state index in [2.05, 4.69) is 37.2 Å². The Hall–Kier alpha value is -6.82. The summed E-state index contributed by atoms with van der Waals surface area (Å²) < 4.78 is 192. The van der Waals surface area contributed by atoms with Crippen molar-refractivity contribution in [3.8, 4) is 0 Å². The Morgan fingerprint density at radius 1 is 0.433 bits per heavy atom. The maximum absolute atomic E-state index is 15.4. The number of benzene rings is 4. The molecule has 8 aliphatic rings. The van der Waals surface area contributed by atoms with Crippen molar-refractivity contribution >= 4 is 47.3 Å². The van der Waals surface area contributed by atoms with E-state index in [-0.39, 0.29) is 133 Å². The molecule has 4 heterocycles. The number of amides is 8. The summed E-state index contributed by atoms with van der Waals surface area (Å²) in [5.74, 6) is -12.3. The smallest absolute Gasteiger partial charge is 0.317 e. The second-order valence-electron chi connectivity index (χ2n) is 43.5. The number of nitrogens with one attached hydrogen (secondary N) is 7. The minimum absolute atomic E-state index is 0.0473. The van der Waals surface area contributed by atoms with Crippen LogP contribution < -0.4 is 43.0 Å². The third-order valence-corrected chi connectivity index (χ3v) is 33.2. The van der Waals surface area contributed by atoms with Gasteiger partial charge in [-0.2, -0.15) is 0 Å². The first-order valence-electron chi connectivity index (χ1n) is 55.0. The number of nitrogens with two attached hydrogens (primary N) is 1. The first kappa shape index (κ1) is 127. The minimum atomic E-state index is -2.57. The minimum Gasteiger partial charge on any atom is -0.391 e. The molecule has 14 N–H and O–H groups in total. The number of nitrogens with zero attached hydrogens (tertiary/aromatic N) is 4. The van der Waals surface area contributed by atoms with Crippen molar-refractivity contribution in [1.29, 1.82) is 0 Å². The number of methoxy groups -OCH3 is 4. The maximum Gasteiger partial charge on any atom is 0.317 e. The third kappa shape index (κ3) is 37.4. The lowest BCUT2D eigenvalue weighted by molar-refractivity contribution is -0.0599. The van der Waals surface area contributed by atoms with Crippen LogP contribution in [0.1, 0.15) is 286 Å². The van der Waals surface area contributed by atoms with Gasteiger partial charge in [-0.3, -0.25) is 0 Å². The van der Waals surface area contributed by atoms with Crippen LogP contribution in [0.4, 0.5) is 71.9 Å². The van der Waals surface area contributed by atoms with Crippen LogP contribution in [-0.4, -0.2) is 272 Å². The van der Waals surface area contributed by atoms with Crippen LogP contribution in [0.15, 0.2) is 60.7 Å². The van der Waals surface area contributed by atoms with Crippen molar-refractivity contribution in [1.82, 2.24) is 56.8 Å². The van der Waals surface area contributed by atoms with Crippen molar-refractivity contribution < 1.29 is 116 Å². The summed E-state index contributed by atoms with van der Waals surface area (Å²) in [5.41, 5.74) is -1.93. The number of likely N-dealkylation sites (N-methyl/N-ethyl adjacent to an activating group) is 3. The number of likely N-dealkylation sites (tertiary alicyclic amines) is 4. The highest BCUT2D eigenvalue weighted by molar-refractivity contribution is 6.31. The van der Waals surface area contributed by atoms with E-state index in [1.807, 2.05) is 7.05 Å². The van der Waals surface area contributed by atoms with Crippen molar-refractivity contribution in [2.45, 2.75) is 334 Å². The molecule has 0 bridgehead atoms. The SMILES string of the molecule is CNC[C@@H](NC(=O)N1CCC[C@@H]([C@@](O)(CCCCOC)c2cc(F)cc(F)c2F)C1)[C@@H](O)C1CCCCC1.CNC[C@H](CC1(F)CCCCC1)NC(=O)N1CCC[C@@H]([C@@](O)(CCCCOC)c2cccc(F)c2Cl)C1.CNC[C@H](CC1CCC(F)CC1)NC(=O)N1CCC[C@@H]([C@@](O)(CCCCOC)c2cc(F)cc(F)c2F)C1.COCCCC[C@@](O)(c1cccc(Cl)c1F)[C@@H]1CCCN(C(=O)NC[C@@H](N)CC2CCC(F)(F)CC2)C1. The standard InChI is InChI=1S/C28H44ClF2N3O3.C28H43F4N3O3.C28H44F3N3O4.C27H41ClF3N3O3/c1-32-19-22(18-27(31)13-4-3-5-14-27)33-26(35)34-16-9-10-21(20-34)28(36,15-6-7-17-37-2)23-11-8-12-24(30)25(23)29;1-33-17-23(14-19-7-9-21(29)10-8-19)34-27(36)35-12-5-6-20(18-35)28(37,11-3-4-13-38-2)24-15-22(30)16-25(31)26(24)32;1-32-17-24(26(35)19-9-4-3-5-10-19)33-27(36)34-13-8-11-20(18-34)28(37,12-6-7-14-38-2)22-15-21(29)16-23(30)25(22)31;1-37-15-3-2-11-27(36,22-7-4-8-23(28)24(22)29)20-6-5-14-34(18-20)25(35)33-17-21(32)16-19-9-12-26(30,31)13-10-19/h8,11-12,21-22,32,36H,3-7,9-10,13-20H2,1-2H3,(H,33,35);15-16,19-21,23,33,37H,3-14,17-18H2,1-2H3,(H,34,36);15-16,19-20,24,26,32,35,37H,3-14,17-18H2,1-2H3,(H,33,36);4,7-8,19-21,36H,2-3,5-6,9-18,32H2,1H3,(H,33,35)/t21-,22+,28+;19?,20-,21?,23+,28+;20-,24-,26+,28+;20-,21+,27+/m1111/s1. The number of ether oxygens (including phenoxy) is 4. The molecule has 13 atom stereocenters. The van der Waals surface area contributed by atoms with E-state index in [1.165, 1.54) is 12.1 Å². The molecule has 4 aromatic carbocycles. The quantitative estimate of drug-likeness (QED) is 0.0111. The number of urea groups is 4. The number of piperidine rings is 4. The van der Waals surface area contributed by atoms with Crippen LogP contribution in [0, 0.1) is 88.0 Å². The fraction of sp³-hybridized carbons (Fsp3) is 0.748. The highest BCUT2D eigenvalue weighted by Crippen LogP contribution is 2.49. The van der Waals surface area contributed by atoms with Crippen LogP contribution in [0.2, 0.25) is 10.0 Å². The topological polar surface area (TPSA) is 330 Å². The summed E-state index contributed by atoms with van der Waals surface area (Å²) in [6, 6.07) is 9.33. The second-order valence-corrected chi connectivity index (χ2v) is 44.3.